The van der Waals surface area contributed by atoms with E-state index in [9.17, 15) is 0 Å². The van der Waals surface area contributed by atoms with Gasteiger partial charge in [0, 0.05) is 13.2 Å². The Morgan fingerprint density at radius 3 is 2.86 bits per heavy atom. The first-order valence-electron chi connectivity index (χ1n) is 5.50. The van der Waals surface area contributed by atoms with Crippen molar-refractivity contribution in [2.75, 3.05) is 13.1 Å². The summed E-state index contributed by atoms with van der Waals surface area (Å²) in [6.45, 7) is 2.38. The Kier molecular flexibility index (Phi) is 1.71. The van der Waals surface area contributed by atoms with Crippen LogP contribution in [0.15, 0.2) is 6.20 Å². The zero-order valence-corrected chi connectivity index (χ0v) is 8.71. The van der Waals surface area contributed by atoms with Crippen LogP contribution in [0, 0.1) is 5.41 Å². The largest absolute Gasteiger partial charge is 0.317 e. The van der Waals surface area contributed by atoms with E-state index in [-0.39, 0.29) is 0 Å². The van der Waals surface area contributed by atoms with Crippen molar-refractivity contribution in [3.63, 3.8) is 0 Å². The smallest absolute Gasteiger partial charge is 0.0662 e. The third-order valence-electron chi connectivity index (χ3n) is 3.76. The number of nitrogens with zero attached hydrogens (tertiary/aromatic N) is 2. The van der Waals surface area contributed by atoms with Gasteiger partial charge >= 0.3 is 0 Å². The minimum absolute atomic E-state index is 0.567. The molecular formula is C11H17N3. The molecule has 1 saturated heterocycles. The maximum absolute atomic E-state index is 4.54. The summed E-state index contributed by atoms with van der Waals surface area (Å²) in [6, 6.07) is 0. The molecule has 3 rings (SSSR count). The maximum atomic E-state index is 4.54. The first-order valence-corrected chi connectivity index (χ1v) is 5.50. The summed E-state index contributed by atoms with van der Waals surface area (Å²) in [4.78, 5) is 0. The molecule has 1 aromatic rings. The first-order chi connectivity index (χ1) is 6.77. The lowest BCUT2D eigenvalue weighted by molar-refractivity contribution is 0.213. The SMILES string of the molecule is Cn1cc2c(n1)CC1(CCNCC1)C2. The molecule has 1 N–H and O–H groups in total. The summed E-state index contributed by atoms with van der Waals surface area (Å²) in [5, 5.41) is 7.98. The van der Waals surface area contributed by atoms with Crippen molar-refractivity contribution in [3.8, 4) is 0 Å². The molecule has 1 aliphatic carbocycles. The third kappa shape index (κ3) is 1.19. The summed E-state index contributed by atoms with van der Waals surface area (Å²) in [7, 11) is 2.02. The predicted molar refractivity (Wildman–Crippen MR) is 55.2 cm³/mol. The van der Waals surface area contributed by atoms with Crippen molar-refractivity contribution in [1.82, 2.24) is 15.1 Å². The number of fused-ring (bicyclic) bond motifs is 1. The van der Waals surface area contributed by atoms with Crippen LogP contribution in [0.3, 0.4) is 0 Å². The molecule has 1 aliphatic heterocycles. The molecule has 2 heterocycles. The lowest BCUT2D eigenvalue weighted by Gasteiger charge is -2.33. The van der Waals surface area contributed by atoms with Crippen molar-refractivity contribution in [2.24, 2.45) is 12.5 Å². The van der Waals surface area contributed by atoms with Crippen molar-refractivity contribution in [2.45, 2.75) is 25.7 Å². The molecule has 0 amide bonds. The van der Waals surface area contributed by atoms with Gasteiger partial charge in [0.2, 0.25) is 0 Å². The highest BCUT2D eigenvalue weighted by atomic mass is 15.3. The van der Waals surface area contributed by atoms with Crippen LogP contribution >= 0.6 is 0 Å². The quantitative estimate of drug-likeness (QED) is 0.660. The van der Waals surface area contributed by atoms with Crippen LogP contribution in [-0.2, 0) is 19.9 Å². The number of piperidine rings is 1. The van der Waals surface area contributed by atoms with Gasteiger partial charge in [-0.2, -0.15) is 5.10 Å². The van der Waals surface area contributed by atoms with Crippen LogP contribution in [0.25, 0.3) is 0 Å². The highest BCUT2D eigenvalue weighted by Crippen LogP contribution is 2.42. The molecule has 2 aliphatic rings. The van der Waals surface area contributed by atoms with Crippen LogP contribution in [0.1, 0.15) is 24.1 Å². The molecule has 3 nitrogen and oxygen atoms in total. The van der Waals surface area contributed by atoms with Crippen LogP contribution in [0.2, 0.25) is 0 Å². The summed E-state index contributed by atoms with van der Waals surface area (Å²) >= 11 is 0. The van der Waals surface area contributed by atoms with Gasteiger partial charge in [-0.15, -0.1) is 0 Å². The van der Waals surface area contributed by atoms with E-state index in [1.807, 2.05) is 11.7 Å². The van der Waals surface area contributed by atoms with Crippen molar-refractivity contribution >= 4 is 0 Å². The Morgan fingerprint density at radius 1 is 1.36 bits per heavy atom. The fourth-order valence-electron chi connectivity index (χ4n) is 3.01. The monoisotopic (exact) mass is 191 g/mol. The van der Waals surface area contributed by atoms with Crippen LogP contribution in [-0.4, -0.2) is 22.9 Å². The molecule has 0 bridgehead atoms. The highest BCUT2D eigenvalue weighted by molar-refractivity contribution is 5.27. The van der Waals surface area contributed by atoms with Gasteiger partial charge in [-0.3, -0.25) is 4.68 Å². The van der Waals surface area contributed by atoms with Gasteiger partial charge in [0.1, 0.15) is 0 Å². The molecule has 0 saturated carbocycles. The number of rotatable bonds is 0. The predicted octanol–water partition coefficient (Wildman–Crippen LogP) is 0.888. The molecule has 1 spiro atoms. The number of nitrogens with one attached hydrogen (secondary N) is 1. The second kappa shape index (κ2) is 2.83. The van der Waals surface area contributed by atoms with E-state index in [4.69, 9.17) is 0 Å². The summed E-state index contributed by atoms with van der Waals surface area (Å²) in [6.07, 6.45) is 7.33. The molecule has 0 radical (unpaired) electrons. The second-order valence-corrected chi connectivity index (χ2v) is 4.88. The Morgan fingerprint density at radius 2 is 2.14 bits per heavy atom. The molecule has 1 fully saturated rings. The topological polar surface area (TPSA) is 29.9 Å². The number of hydrogen-bond acceptors (Lipinski definition) is 2. The van der Waals surface area contributed by atoms with Crippen molar-refractivity contribution in [3.05, 3.63) is 17.5 Å². The number of hydrogen-bond donors (Lipinski definition) is 1. The van der Waals surface area contributed by atoms with Crippen LogP contribution in [0.4, 0.5) is 0 Å². The van der Waals surface area contributed by atoms with E-state index in [0.29, 0.717) is 5.41 Å². The molecule has 14 heavy (non-hydrogen) atoms. The first kappa shape index (κ1) is 8.48. The van der Waals surface area contributed by atoms with Crippen LogP contribution in [0.5, 0.6) is 0 Å². The molecular weight excluding hydrogens is 174 g/mol. The molecule has 0 unspecified atom stereocenters. The fourth-order valence-corrected chi connectivity index (χ4v) is 3.01. The van der Waals surface area contributed by atoms with E-state index in [2.05, 4.69) is 16.6 Å². The Hall–Kier alpha value is -0.830. The van der Waals surface area contributed by atoms with E-state index in [0.717, 1.165) is 0 Å². The minimum Gasteiger partial charge on any atom is -0.317 e. The molecule has 1 aromatic heterocycles. The normalized spacial score (nSPS) is 24.1. The van der Waals surface area contributed by atoms with Crippen LogP contribution < -0.4 is 5.32 Å². The molecule has 76 valence electrons. The zero-order chi connectivity index (χ0) is 9.60. The van der Waals surface area contributed by atoms with E-state index >= 15 is 0 Å². The lowest BCUT2D eigenvalue weighted by atomic mass is 9.77. The van der Waals surface area contributed by atoms with Gasteiger partial charge in [-0.1, -0.05) is 0 Å². The summed E-state index contributed by atoms with van der Waals surface area (Å²) in [5.41, 5.74) is 3.42. The van der Waals surface area contributed by atoms with E-state index < -0.39 is 0 Å². The fraction of sp³-hybridized carbons (Fsp3) is 0.727. The lowest BCUT2D eigenvalue weighted by Crippen LogP contribution is -2.37. The summed E-state index contributed by atoms with van der Waals surface area (Å²) in [5.74, 6) is 0. The van der Waals surface area contributed by atoms with Crippen molar-refractivity contribution in [1.29, 1.82) is 0 Å². The number of aromatic nitrogens is 2. The average Bonchev–Trinajstić information content (AvgIpc) is 2.60. The van der Waals surface area contributed by atoms with Gasteiger partial charge in [0.05, 0.1) is 5.69 Å². The standard InChI is InChI=1S/C11H17N3/c1-14-8-9-6-11(7-10(9)13-14)2-4-12-5-3-11/h8,12H,2-7H2,1H3. The zero-order valence-electron chi connectivity index (χ0n) is 8.71. The van der Waals surface area contributed by atoms with Crippen molar-refractivity contribution < 1.29 is 0 Å². The highest BCUT2D eigenvalue weighted by Gasteiger charge is 2.39. The number of aryl methyl sites for hydroxylation is 1. The molecule has 3 heteroatoms. The molecule has 0 aromatic carbocycles. The van der Waals surface area contributed by atoms with Gasteiger partial charge in [0.25, 0.3) is 0 Å². The van der Waals surface area contributed by atoms with E-state index in [1.165, 1.54) is 50.0 Å². The van der Waals surface area contributed by atoms with Gasteiger partial charge in [-0.25, -0.2) is 0 Å². The summed E-state index contributed by atoms with van der Waals surface area (Å²) < 4.78 is 1.96. The van der Waals surface area contributed by atoms with Gasteiger partial charge in [-0.05, 0) is 49.8 Å². The second-order valence-electron chi connectivity index (χ2n) is 4.88. The third-order valence-corrected chi connectivity index (χ3v) is 3.76. The van der Waals surface area contributed by atoms with Gasteiger partial charge in [0.15, 0.2) is 0 Å². The Bertz CT molecular complexity index is 322. The average molecular weight is 191 g/mol. The Labute approximate surface area is 84.5 Å². The molecule has 0 atom stereocenters. The maximum Gasteiger partial charge on any atom is 0.0662 e. The van der Waals surface area contributed by atoms with Gasteiger partial charge < -0.3 is 5.32 Å². The van der Waals surface area contributed by atoms with E-state index in [1.54, 1.807) is 0 Å². The Balaban J connectivity index is 1.86. The minimum atomic E-state index is 0.567.